The van der Waals surface area contributed by atoms with E-state index in [1.165, 1.54) is 0 Å². The molecule has 1 saturated heterocycles. The second-order valence-electron chi connectivity index (χ2n) is 4.02. The average molecular weight is 239 g/mol. The van der Waals surface area contributed by atoms with Crippen molar-refractivity contribution < 1.29 is 19.7 Å². The fourth-order valence-electron chi connectivity index (χ4n) is 1.86. The van der Waals surface area contributed by atoms with E-state index in [4.69, 9.17) is 14.6 Å². The highest BCUT2D eigenvalue weighted by molar-refractivity contribution is 5.46. The van der Waals surface area contributed by atoms with Gasteiger partial charge in [0, 0.05) is 12.1 Å². The number of aliphatic hydroxyl groups is 2. The van der Waals surface area contributed by atoms with Gasteiger partial charge in [-0.25, -0.2) is 0 Å². The number of methoxy groups -OCH3 is 1. The molecule has 0 amide bonds. The zero-order valence-electron chi connectivity index (χ0n) is 9.67. The summed E-state index contributed by atoms with van der Waals surface area (Å²) in [7, 11) is 1.62. The summed E-state index contributed by atoms with van der Waals surface area (Å²) < 4.78 is 10.5. The second-order valence-corrected chi connectivity index (χ2v) is 4.02. The van der Waals surface area contributed by atoms with Crippen LogP contribution in [-0.2, 0) is 4.74 Å². The van der Waals surface area contributed by atoms with Crippen LogP contribution in [0.3, 0.4) is 0 Å². The maximum atomic E-state index is 9.57. The summed E-state index contributed by atoms with van der Waals surface area (Å²) >= 11 is 0. The first-order valence-electron chi connectivity index (χ1n) is 5.58. The Kier molecular flexibility index (Phi) is 3.83. The van der Waals surface area contributed by atoms with Crippen molar-refractivity contribution in [1.29, 1.82) is 0 Å². The van der Waals surface area contributed by atoms with E-state index in [9.17, 15) is 5.11 Å². The van der Waals surface area contributed by atoms with E-state index in [2.05, 4.69) is 5.32 Å². The van der Waals surface area contributed by atoms with E-state index in [0.717, 1.165) is 11.4 Å². The Labute approximate surface area is 100.0 Å². The number of hydrogen-bond donors (Lipinski definition) is 3. The maximum absolute atomic E-state index is 9.57. The Bertz CT molecular complexity index is 354. The predicted octanol–water partition coefficient (Wildman–Crippen LogP) is 0.575. The quantitative estimate of drug-likeness (QED) is 0.716. The Morgan fingerprint density at radius 1 is 1.41 bits per heavy atom. The lowest BCUT2D eigenvalue weighted by Crippen LogP contribution is -2.25. The molecule has 1 aromatic carbocycles. The molecule has 1 heterocycles. The van der Waals surface area contributed by atoms with Crippen molar-refractivity contribution in [1.82, 2.24) is 0 Å². The summed E-state index contributed by atoms with van der Waals surface area (Å²) in [5.41, 5.74) is 0.890. The van der Waals surface area contributed by atoms with E-state index in [1.54, 1.807) is 7.11 Å². The van der Waals surface area contributed by atoms with Crippen LogP contribution in [0.1, 0.15) is 6.42 Å². The molecule has 0 radical (unpaired) electrons. The molecule has 0 aliphatic carbocycles. The molecular weight excluding hydrogens is 222 g/mol. The van der Waals surface area contributed by atoms with Crippen LogP contribution in [-0.4, -0.2) is 42.4 Å². The lowest BCUT2D eigenvalue weighted by molar-refractivity contribution is -0.0149. The summed E-state index contributed by atoms with van der Waals surface area (Å²) in [5, 5.41) is 21.7. The van der Waals surface area contributed by atoms with Crippen molar-refractivity contribution in [3.63, 3.8) is 0 Å². The van der Waals surface area contributed by atoms with E-state index in [0.29, 0.717) is 6.42 Å². The Morgan fingerprint density at radius 2 is 2.12 bits per heavy atom. The SMILES string of the molecule is COc1ccc(NC2CC(O)C(CO)O2)cc1. The van der Waals surface area contributed by atoms with E-state index >= 15 is 0 Å². The molecule has 3 unspecified atom stereocenters. The molecular formula is C12H17NO4. The zero-order valence-corrected chi connectivity index (χ0v) is 9.67. The van der Waals surface area contributed by atoms with Crippen LogP contribution in [0, 0.1) is 0 Å². The van der Waals surface area contributed by atoms with Crippen LogP contribution in [0.2, 0.25) is 0 Å². The molecule has 0 bridgehead atoms. The number of ether oxygens (including phenoxy) is 2. The van der Waals surface area contributed by atoms with Crippen LogP contribution in [0.4, 0.5) is 5.69 Å². The minimum absolute atomic E-state index is 0.165. The molecule has 3 atom stereocenters. The van der Waals surface area contributed by atoms with Crippen LogP contribution in [0.15, 0.2) is 24.3 Å². The number of rotatable bonds is 4. The topological polar surface area (TPSA) is 71.0 Å². The first kappa shape index (κ1) is 12.2. The molecule has 1 aliphatic rings. The van der Waals surface area contributed by atoms with Crippen molar-refractivity contribution >= 4 is 5.69 Å². The standard InChI is InChI=1S/C12H17NO4/c1-16-9-4-2-8(3-5-9)13-12-6-10(15)11(7-14)17-12/h2-5,10-15H,6-7H2,1H3. The molecule has 0 aromatic heterocycles. The van der Waals surface area contributed by atoms with Gasteiger partial charge in [0.25, 0.3) is 0 Å². The number of anilines is 1. The van der Waals surface area contributed by atoms with Gasteiger partial charge in [0.2, 0.25) is 0 Å². The molecule has 3 N–H and O–H groups in total. The maximum Gasteiger partial charge on any atom is 0.130 e. The van der Waals surface area contributed by atoms with Crippen molar-refractivity contribution in [2.24, 2.45) is 0 Å². The van der Waals surface area contributed by atoms with Crippen LogP contribution in [0.5, 0.6) is 5.75 Å². The zero-order chi connectivity index (χ0) is 12.3. The van der Waals surface area contributed by atoms with Gasteiger partial charge < -0.3 is 25.0 Å². The number of aliphatic hydroxyl groups excluding tert-OH is 2. The predicted molar refractivity (Wildman–Crippen MR) is 63.0 cm³/mol. The molecule has 1 aliphatic heterocycles. The van der Waals surface area contributed by atoms with Gasteiger partial charge in [-0.2, -0.15) is 0 Å². The van der Waals surface area contributed by atoms with E-state index in [-0.39, 0.29) is 12.8 Å². The van der Waals surface area contributed by atoms with Gasteiger partial charge in [-0.05, 0) is 24.3 Å². The molecule has 0 saturated carbocycles. The van der Waals surface area contributed by atoms with Crippen LogP contribution in [0.25, 0.3) is 0 Å². The summed E-state index contributed by atoms with van der Waals surface area (Å²) in [6.07, 6.45) is -0.908. The highest BCUT2D eigenvalue weighted by atomic mass is 16.5. The average Bonchev–Trinajstić information content (AvgIpc) is 2.70. The Hall–Kier alpha value is -1.30. The molecule has 94 valence electrons. The van der Waals surface area contributed by atoms with Crippen molar-refractivity contribution in [3.8, 4) is 5.75 Å². The first-order chi connectivity index (χ1) is 8.22. The van der Waals surface area contributed by atoms with Crippen molar-refractivity contribution in [2.75, 3.05) is 19.0 Å². The minimum Gasteiger partial charge on any atom is -0.497 e. The number of nitrogens with one attached hydrogen (secondary N) is 1. The van der Waals surface area contributed by atoms with Gasteiger partial charge in [-0.15, -0.1) is 0 Å². The molecule has 1 fully saturated rings. The first-order valence-corrected chi connectivity index (χ1v) is 5.58. The normalized spacial score (nSPS) is 28.1. The third-order valence-electron chi connectivity index (χ3n) is 2.82. The molecule has 5 nitrogen and oxygen atoms in total. The smallest absolute Gasteiger partial charge is 0.130 e. The summed E-state index contributed by atoms with van der Waals surface area (Å²) in [5.74, 6) is 0.788. The second kappa shape index (κ2) is 5.35. The van der Waals surface area contributed by atoms with Crippen molar-refractivity contribution in [3.05, 3.63) is 24.3 Å². The molecule has 17 heavy (non-hydrogen) atoms. The molecule has 2 rings (SSSR count). The third kappa shape index (κ3) is 2.88. The minimum atomic E-state index is -0.615. The molecule has 0 spiro atoms. The molecule has 1 aromatic rings. The largest absolute Gasteiger partial charge is 0.497 e. The van der Waals surface area contributed by atoms with Crippen LogP contribution < -0.4 is 10.1 Å². The number of hydrogen-bond acceptors (Lipinski definition) is 5. The van der Waals surface area contributed by atoms with Gasteiger partial charge >= 0.3 is 0 Å². The number of benzene rings is 1. The Morgan fingerprint density at radius 3 is 2.65 bits per heavy atom. The Balaban J connectivity index is 1.93. The molecule has 5 heteroatoms. The highest BCUT2D eigenvalue weighted by Gasteiger charge is 2.33. The van der Waals surface area contributed by atoms with E-state index in [1.807, 2.05) is 24.3 Å². The van der Waals surface area contributed by atoms with Crippen LogP contribution >= 0.6 is 0 Å². The van der Waals surface area contributed by atoms with Gasteiger partial charge in [0.05, 0.1) is 19.8 Å². The van der Waals surface area contributed by atoms with Gasteiger partial charge in [-0.1, -0.05) is 0 Å². The fourth-order valence-corrected chi connectivity index (χ4v) is 1.86. The summed E-state index contributed by atoms with van der Waals surface area (Å²) in [6, 6.07) is 7.44. The van der Waals surface area contributed by atoms with Crippen molar-refractivity contribution in [2.45, 2.75) is 24.9 Å². The third-order valence-corrected chi connectivity index (χ3v) is 2.82. The monoisotopic (exact) mass is 239 g/mol. The van der Waals surface area contributed by atoms with Gasteiger partial charge in [0.1, 0.15) is 18.1 Å². The lowest BCUT2D eigenvalue weighted by atomic mass is 10.2. The van der Waals surface area contributed by atoms with Gasteiger partial charge in [-0.3, -0.25) is 0 Å². The van der Waals surface area contributed by atoms with Gasteiger partial charge in [0.15, 0.2) is 0 Å². The van der Waals surface area contributed by atoms with E-state index < -0.39 is 12.2 Å². The summed E-state index contributed by atoms with van der Waals surface area (Å²) in [4.78, 5) is 0. The lowest BCUT2D eigenvalue weighted by Gasteiger charge is -2.15. The highest BCUT2D eigenvalue weighted by Crippen LogP contribution is 2.23. The summed E-state index contributed by atoms with van der Waals surface area (Å²) in [6.45, 7) is -0.165. The fraction of sp³-hybridized carbons (Fsp3) is 0.500.